The summed E-state index contributed by atoms with van der Waals surface area (Å²) in [5.41, 5.74) is 12.5. The minimum Gasteiger partial charge on any atom is -0.456 e. The predicted molar refractivity (Wildman–Crippen MR) is 231 cm³/mol. The average Bonchev–Trinajstić information content (AvgIpc) is 3.98. The fraction of sp³-hybridized carbons (Fsp3) is 0. The van der Waals surface area contributed by atoms with Crippen molar-refractivity contribution < 1.29 is 8.83 Å². The molecule has 0 aliphatic rings. The van der Waals surface area contributed by atoms with Gasteiger partial charge in [-0.2, -0.15) is 0 Å². The van der Waals surface area contributed by atoms with Gasteiger partial charge in [-0.1, -0.05) is 91.0 Å². The van der Waals surface area contributed by atoms with Crippen molar-refractivity contribution in [3.63, 3.8) is 0 Å². The Labute approximate surface area is 321 Å². The van der Waals surface area contributed by atoms with E-state index in [2.05, 4.69) is 179 Å². The number of thiophene rings is 1. The smallest absolute Gasteiger partial charge is 0.135 e. The second-order valence-electron chi connectivity index (χ2n) is 13.7. The summed E-state index contributed by atoms with van der Waals surface area (Å²) < 4.78 is 13.6. The Kier molecular flexibility index (Phi) is 7.32. The molecular formula is C50H32N2O2S. The van der Waals surface area contributed by atoms with Crippen molar-refractivity contribution in [2.45, 2.75) is 0 Å². The predicted octanol–water partition coefficient (Wildman–Crippen LogP) is 15.3. The van der Waals surface area contributed by atoms with Crippen LogP contribution >= 0.6 is 11.3 Å². The standard InChI is InChI=1S/C50H32N2O2S/c1-3-11-34(12-4-1)51(37-23-27-48-43(31-37)40-15-7-9-17-46(40)53-48)36-21-19-33(20-22-36)39-25-26-45(42-29-30-55-50(39)42)52(35-13-5-2-6-14-35)38-24-28-49-44(32-38)41-16-8-10-18-47(41)54-49/h1-32H. The molecule has 55 heavy (non-hydrogen) atoms. The third kappa shape index (κ3) is 5.28. The van der Waals surface area contributed by atoms with Crippen LogP contribution in [0.25, 0.3) is 65.1 Å². The fourth-order valence-corrected chi connectivity index (χ4v) is 8.95. The van der Waals surface area contributed by atoms with Gasteiger partial charge in [0, 0.05) is 60.1 Å². The van der Waals surface area contributed by atoms with Crippen molar-refractivity contribution in [2.24, 2.45) is 0 Å². The third-order valence-corrected chi connectivity index (χ3v) is 11.5. The number of hydrogen-bond donors (Lipinski definition) is 0. The molecule has 3 heterocycles. The highest BCUT2D eigenvalue weighted by atomic mass is 32.1. The van der Waals surface area contributed by atoms with Crippen LogP contribution in [-0.4, -0.2) is 0 Å². The maximum absolute atomic E-state index is 6.20. The van der Waals surface area contributed by atoms with Crippen molar-refractivity contribution in [2.75, 3.05) is 9.80 Å². The van der Waals surface area contributed by atoms with Gasteiger partial charge in [0.15, 0.2) is 0 Å². The van der Waals surface area contributed by atoms with Crippen LogP contribution in [0.4, 0.5) is 34.1 Å². The molecule has 3 aromatic heterocycles. The zero-order chi connectivity index (χ0) is 36.3. The molecule has 0 saturated carbocycles. The van der Waals surface area contributed by atoms with Crippen molar-refractivity contribution >= 4 is 99.4 Å². The van der Waals surface area contributed by atoms with Gasteiger partial charge in [0.2, 0.25) is 0 Å². The maximum atomic E-state index is 6.20. The number of nitrogens with zero attached hydrogens (tertiary/aromatic N) is 2. The quantitative estimate of drug-likeness (QED) is 0.164. The molecule has 11 aromatic rings. The van der Waals surface area contributed by atoms with Crippen molar-refractivity contribution in [3.05, 3.63) is 193 Å². The summed E-state index contributed by atoms with van der Waals surface area (Å²) in [5.74, 6) is 0. The minimum absolute atomic E-state index is 0.887. The lowest BCUT2D eigenvalue weighted by molar-refractivity contribution is 0.668. The van der Waals surface area contributed by atoms with E-state index < -0.39 is 0 Å². The topological polar surface area (TPSA) is 32.8 Å². The number of anilines is 6. The van der Waals surface area contributed by atoms with E-state index in [1.165, 1.54) is 21.2 Å². The zero-order valence-corrected chi connectivity index (χ0v) is 30.4. The van der Waals surface area contributed by atoms with Gasteiger partial charge < -0.3 is 18.6 Å². The van der Waals surface area contributed by atoms with Gasteiger partial charge in [-0.3, -0.25) is 0 Å². The Hall–Kier alpha value is -7.08. The average molecular weight is 725 g/mol. The molecule has 4 nitrogen and oxygen atoms in total. The highest BCUT2D eigenvalue weighted by Gasteiger charge is 2.20. The van der Waals surface area contributed by atoms with E-state index in [-0.39, 0.29) is 0 Å². The molecular weight excluding hydrogens is 693 g/mol. The monoisotopic (exact) mass is 724 g/mol. The summed E-state index contributed by atoms with van der Waals surface area (Å²) in [5, 5.41) is 7.86. The third-order valence-electron chi connectivity index (χ3n) is 10.5. The molecule has 0 fully saturated rings. The number of furan rings is 2. The van der Waals surface area contributed by atoms with E-state index in [0.29, 0.717) is 0 Å². The summed E-state index contributed by atoms with van der Waals surface area (Å²) in [6, 6.07) is 66.4. The summed E-state index contributed by atoms with van der Waals surface area (Å²) in [7, 11) is 0. The molecule has 0 saturated heterocycles. The molecule has 5 heteroatoms. The normalized spacial score (nSPS) is 11.6. The van der Waals surface area contributed by atoms with E-state index in [9.17, 15) is 0 Å². The van der Waals surface area contributed by atoms with Gasteiger partial charge in [-0.15, -0.1) is 11.3 Å². The Morgan fingerprint density at radius 3 is 1.45 bits per heavy atom. The van der Waals surface area contributed by atoms with Gasteiger partial charge >= 0.3 is 0 Å². The van der Waals surface area contributed by atoms with Crippen molar-refractivity contribution in [1.29, 1.82) is 0 Å². The lowest BCUT2D eigenvalue weighted by Crippen LogP contribution is -2.10. The summed E-state index contributed by atoms with van der Waals surface area (Å²) in [6.07, 6.45) is 0. The Bertz CT molecular complexity index is 3160. The first-order chi connectivity index (χ1) is 27.3. The molecule has 0 bridgehead atoms. The molecule has 0 spiro atoms. The second-order valence-corrected chi connectivity index (χ2v) is 14.7. The first-order valence-electron chi connectivity index (χ1n) is 18.4. The first-order valence-corrected chi connectivity index (χ1v) is 19.3. The first kappa shape index (κ1) is 31.4. The van der Waals surface area contributed by atoms with E-state index >= 15 is 0 Å². The molecule has 0 amide bonds. The summed E-state index contributed by atoms with van der Waals surface area (Å²) in [4.78, 5) is 4.67. The zero-order valence-electron chi connectivity index (χ0n) is 29.6. The van der Waals surface area contributed by atoms with Crippen LogP contribution in [0, 0.1) is 0 Å². The largest absolute Gasteiger partial charge is 0.456 e. The SMILES string of the molecule is c1ccc(N(c2ccc(-c3ccc(N(c4ccccc4)c4ccc5oc6ccccc6c5c4)c4ccsc34)cc2)c2ccc3oc4ccccc4c3c2)cc1. The number of fused-ring (bicyclic) bond motifs is 7. The van der Waals surface area contributed by atoms with Gasteiger partial charge in [-0.25, -0.2) is 0 Å². The van der Waals surface area contributed by atoms with E-state index in [1.807, 2.05) is 24.3 Å². The lowest BCUT2D eigenvalue weighted by Gasteiger charge is -2.27. The van der Waals surface area contributed by atoms with Crippen LogP contribution < -0.4 is 9.80 Å². The van der Waals surface area contributed by atoms with Gasteiger partial charge in [0.1, 0.15) is 22.3 Å². The fourth-order valence-electron chi connectivity index (χ4n) is 7.99. The second kappa shape index (κ2) is 12.8. The van der Waals surface area contributed by atoms with E-state index in [4.69, 9.17) is 8.83 Å². The molecule has 0 radical (unpaired) electrons. The molecule has 0 N–H and O–H groups in total. The van der Waals surface area contributed by atoms with Crippen molar-refractivity contribution in [1.82, 2.24) is 0 Å². The highest BCUT2D eigenvalue weighted by Crippen LogP contribution is 2.46. The van der Waals surface area contributed by atoms with Crippen LogP contribution in [0.15, 0.2) is 202 Å². The Morgan fingerprint density at radius 1 is 0.345 bits per heavy atom. The lowest BCUT2D eigenvalue weighted by atomic mass is 10.0. The number of hydrogen-bond acceptors (Lipinski definition) is 5. The number of rotatable bonds is 7. The number of para-hydroxylation sites is 4. The molecule has 0 aliphatic heterocycles. The molecule has 11 rings (SSSR count). The van der Waals surface area contributed by atoms with Crippen molar-refractivity contribution in [3.8, 4) is 11.1 Å². The van der Waals surface area contributed by atoms with E-state index in [1.54, 1.807) is 11.3 Å². The molecule has 0 aliphatic carbocycles. The van der Waals surface area contributed by atoms with Gasteiger partial charge in [0.05, 0.1) is 5.69 Å². The number of benzene rings is 8. The van der Waals surface area contributed by atoms with Crippen LogP contribution in [0.2, 0.25) is 0 Å². The van der Waals surface area contributed by atoms with Crippen LogP contribution in [0.5, 0.6) is 0 Å². The molecule has 260 valence electrons. The molecule has 0 unspecified atom stereocenters. The van der Waals surface area contributed by atoms with Crippen LogP contribution in [-0.2, 0) is 0 Å². The van der Waals surface area contributed by atoms with Gasteiger partial charge in [-0.05, 0) is 114 Å². The van der Waals surface area contributed by atoms with Crippen LogP contribution in [0.3, 0.4) is 0 Å². The minimum atomic E-state index is 0.887. The Morgan fingerprint density at radius 2 is 0.836 bits per heavy atom. The Balaban J connectivity index is 1.01. The molecule has 8 aromatic carbocycles. The highest BCUT2D eigenvalue weighted by molar-refractivity contribution is 7.17. The molecule has 0 atom stereocenters. The maximum Gasteiger partial charge on any atom is 0.135 e. The summed E-state index contributed by atoms with van der Waals surface area (Å²) in [6.45, 7) is 0. The van der Waals surface area contributed by atoms with Gasteiger partial charge in [0.25, 0.3) is 0 Å². The summed E-state index contributed by atoms with van der Waals surface area (Å²) >= 11 is 1.78. The van der Waals surface area contributed by atoms with E-state index in [0.717, 1.165) is 78.0 Å². The van der Waals surface area contributed by atoms with Crippen LogP contribution in [0.1, 0.15) is 0 Å².